The van der Waals surface area contributed by atoms with Gasteiger partial charge in [-0.2, -0.15) is 5.10 Å². The Bertz CT molecular complexity index is 960. The van der Waals surface area contributed by atoms with E-state index in [0.717, 1.165) is 33.3 Å². The molecule has 0 atom stereocenters. The highest BCUT2D eigenvalue weighted by atomic mass is 35.5. The summed E-state index contributed by atoms with van der Waals surface area (Å²) >= 11 is 6.57. The predicted molar refractivity (Wildman–Crippen MR) is 83.9 cm³/mol. The van der Waals surface area contributed by atoms with E-state index in [1.54, 1.807) is 12.4 Å². The summed E-state index contributed by atoms with van der Waals surface area (Å²) < 4.78 is 1.81. The van der Waals surface area contributed by atoms with Gasteiger partial charge >= 0.3 is 0 Å². The predicted octanol–water partition coefficient (Wildman–Crippen LogP) is 3.93. The molecular formula is C16H11ClN4. The van der Waals surface area contributed by atoms with E-state index < -0.39 is 0 Å². The summed E-state index contributed by atoms with van der Waals surface area (Å²) in [6.07, 6.45) is 3.47. The van der Waals surface area contributed by atoms with Crippen LogP contribution in [0.4, 0.5) is 0 Å². The van der Waals surface area contributed by atoms with E-state index in [1.807, 2.05) is 48.0 Å². The van der Waals surface area contributed by atoms with Crippen LogP contribution in [-0.4, -0.2) is 19.7 Å². The first-order chi connectivity index (χ1) is 10.3. The van der Waals surface area contributed by atoms with Crippen LogP contribution < -0.4 is 0 Å². The number of benzene rings is 1. The lowest BCUT2D eigenvalue weighted by Gasteiger charge is -2.05. The van der Waals surface area contributed by atoms with Gasteiger partial charge in [0, 0.05) is 17.8 Å². The molecule has 3 heterocycles. The normalized spacial score (nSPS) is 11.3. The Morgan fingerprint density at radius 2 is 1.81 bits per heavy atom. The van der Waals surface area contributed by atoms with Crippen molar-refractivity contribution in [1.82, 2.24) is 19.7 Å². The molecule has 4 rings (SSSR count). The average molecular weight is 295 g/mol. The number of pyridine rings is 2. The van der Waals surface area contributed by atoms with Crippen LogP contribution >= 0.6 is 11.6 Å². The number of nitrogens with zero attached hydrogens (tertiary/aromatic N) is 4. The van der Waals surface area contributed by atoms with Crippen molar-refractivity contribution in [2.75, 3.05) is 0 Å². The zero-order valence-electron chi connectivity index (χ0n) is 11.3. The molecule has 0 bridgehead atoms. The van der Waals surface area contributed by atoms with Gasteiger partial charge in [0.25, 0.3) is 0 Å². The number of aryl methyl sites for hydroxylation is 1. The maximum atomic E-state index is 6.57. The molecule has 0 amide bonds. The van der Waals surface area contributed by atoms with Gasteiger partial charge < -0.3 is 0 Å². The Morgan fingerprint density at radius 1 is 1.05 bits per heavy atom. The van der Waals surface area contributed by atoms with Gasteiger partial charge in [-0.05, 0) is 25.1 Å². The minimum absolute atomic E-state index is 0.702. The van der Waals surface area contributed by atoms with Gasteiger partial charge in [0.05, 0.1) is 27.3 Å². The minimum Gasteiger partial charge on any atom is -0.265 e. The minimum atomic E-state index is 0.702. The van der Waals surface area contributed by atoms with Crippen LogP contribution in [0.2, 0.25) is 5.02 Å². The molecule has 0 saturated heterocycles. The monoisotopic (exact) mass is 294 g/mol. The average Bonchev–Trinajstić information content (AvgIpc) is 2.86. The second-order valence-corrected chi connectivity index (χ2v) is 5.22. The van der Waals surface area contributed by atoms with E-state index in [0.29, 0.717) is 5.02 Å². The molecule has 0 spiro atoms. The lowest BCUT2D eigenvalue weighted by Crippen LogP contribution is -1.98. The fraction of sp³-hybridized carbons (Fsp3) is 0.0625. The number of rotatable bonds is 1. The summed E-state index contributed by atoms with van der Waals surface area (Å²) in [7, 11) is 0. The summed E-state index contributed by atoms with van der Waals surface area (Å²) in [4.78, 5) is 8.77. The highest BCUT2D eigenvalue weighted by Crippen LogP contribution is 2.33. The maximum Gasteiger partial charge on any atom is 0.165 e. The highest BCUT2D eigenvalue weighted by molar-refractivity contribution is 6.40. The van der Waals surface area contributed by atoms with Crippen molar-refractivity contribution >= 4 is 33.5 Å². The molecule has 0 fully saturated rings. The molecule has 21 heavy (non-hydrogen) atoms. The molecule has 0 radical (unpaired) electrons. The van der Waals surface area contributed by atoms with Crippen LogP contribution in [0.15, 0.2) is 48.8 Å². The largest absolute Gasteiger partial charge is 0.265 e. The number of hydrogen-bond donors (Lipinski definition) is 0. The molecule has 0 N–H and O–H groups in total. The third-order valence-electron chi connectivity index (χ3n) is 3.53. The Hall–Kier alpha value is -2.46. The van der Waals surface area contributed by atoms with Crippen LogP contribution in [-0.2, 0) is 0 Å². The number of para-hydroxylation sites is 1. The molecule has 0 aliphatic rings. The summed E-state index contributed by atoms with van der Waals surface area (Å²) in [5, 5.41) is 7.13. The number of halogens is 1. The van der Waals surface area contributed by atoms with E-state index in [1.165, 1.54) is 0 Å². The van der Waals surface area contributed by atoms with Gasteiger partial charge in [0.2, 0.25) is 0 Å². The molecule has 0 unspecified atom stereocenters. The molecule has 5 heteroatoms. The van der Waals surface area contributed by atoms with Gasteiger partial charge in [0.15, 0.2) is 5.65 Å². The number of hydrogen-bond acceptors (Lipinski definition) is 3. The highest BCUT2D eigenvalue weighted by Gasteiger charge is 2.16. The number of fused-ring (bicyclic) bond motifs is 2. The maximum absolute atomic E-state index is 6.57. The molecule has 102 valence electrons. The summed E-state index contributed by atoms with van der Waals surface area (Å²) in [6.45, 7) is 1.95. The van der Waals surface area contributed by atoms with Crippen LogP contribution in [0.25, 0.3) is 27.6 Å². The summed E-state index contributed by atoms with van der Waals surface area (Å²) in [5.41, 5.74) is 3.42. The van der Waals surface area contributed by atoms with E-state index >= 15 is 0 Å². The number of aromatic nitrogens is 4. The summed E-state index contributed by atoms with van der Waals surface area (Å²) in [5.74, 6) is 0. The van der Waals surface area contributed by atoms with Gasteiger partial charge in [0.1, 0.15) is 0 Å². The van der Waals surface area contributed by atoms with E-state index in [9.17, 15) is 0 Å². The van der Waals surface area contributed by atoms with Crippen molar-refractivity contribution in [2.24, 2.45) is 0 Å². The lowest BCUT2D eigenvalue weighted by atomic mass is 10.1. The molecule has 0 aliphatic carbocycles. The fourth-order valence-electron chi connectivity index (χ4n) is 2.55. The molecule has 3 aromatic heterocycles. The van der Waals surface area contributed by atoms with E-state index in [4.69, 9.17) is 16.6 Å². The molecule has 0 aliphatic heterocycles. The molecule has 4 nitrogen and oxygen atoms in total. The second kappa shape index (κ2) is 4.53. The molecule has 4 aromatic rings. The van der Waals surface area contributed by atoms with Crippen LogP contribution in [0.3, 0.4) is 0 Å². The first-order valence-corrected chi connectivity index (χ1v) is 6.97. The van der Waals surface area contributed by atoms with Gasteiger partial charge in [-0.15, -0.1) is 0 Å². The Balaban J connectivity index is 2.16. The zero-order valence-corrected chi connectivity index (χ0v) is 12.0. The van der Waals surface area contributed by atoms with E-state index in [-0.39, 0.29) is 0 Å². The van der Waals surface area contributed by atoms with Crippen LogP contribution in [0.5, 0.6) is 0 Å². The first kappa shape index (κ1) is 12.3. The first-order valence-electron chi connectivity index (χ1n) is 6.59. The molecule has 1 aromatic carbocycles. The zero-order chi connectivity index (χ0) is 14.4. The Kier molecular flexibility index (Phi) is 2.65. The Labute approximate surface area is 126 Å². The van der Waals surface area contributed by atoms with Crippen molar-refractivity contribution in [1.29, 1.82) is 0 Å². The quantitative estimate of drug-likeness (QED) is 0.534. The summed E-state index contributed by atoms with van der Waals surface area (Å²) in [6, 6.07) is 11.7. The molecular weight excluding hydrogens is 284 g/mol. The van der Waals surface area contributed by atoms with Gasteiger partial charge in [-0.1, -0.05) is 29.8 Å². The third kappa shape index (κ3) is 1.80. The van der Waals surface area contributed by atoms with Gasteiger partial charge in [-0.25, -0.2) is 9.67 Å². The fourth-order valence-corrected chi connectivity index (χ4v) is 2.93. The van der Waals surface area contributed by atoms with Gasteiger partial charge in [-0.3, -0.25) is 4.98 Å². The SMILES string of the molecule is Cc1nn(-c2ccncc2)c2nc3ccccc3c(Cl)c12. The van der Waals surface area contributed by atoms with Crippen molar-refractivity contribution < 1.29 is 0 Å². The standard InChI is InChI=1S/C16H11ClN4/c1-10-14-15(17)12-4-2-3-5-13(12)19-16(14)21(20-10)11-6-8-18-9-7-11/h2-9H,1H3. The second-order valence-electron chi connectivity index (χ2n) is 4.84. The van der Waals surface area contributed by atoms with Crippen LogP contribution in [0, 0.1) is 6.92 Å². The molecule has 0 saturated carbocycles. The van der Waals surface area contributed by atoms with Crippen LogP contribution in [0.1, 0.15) is 5.69 Å². The van der Waals surface area contributed by atoms with Crippen molar-refractivity contribution in [2.45, 2.75) is 6.92 Å². The van der Waals surface area contributed by atoms with Crippen molar-refractivity contribution in [3.05, 3.63) is 59.5 Å². The third-order valence-corrected chi connectivity index (χ3v) is 3.92. The van der Waals surface area contributed by atoms with Crippen molar-refractivity contribution in [3.8, 4) is 5.69 Å². The Morgan fingerprint density at radius 3 is 2.62 bits per heavy atom. The van der Waals surface area contributed by atoms with E-state index in [2.05, 4.69) is 10.1 Å². The lowest BCUT2D eigenvalue weighted by molar-refractivity contribution is 0.877. The topological polar surface area (TPSA) is 43.6 Å². The van der Waals surface area contributed by atoms with Crippen molar-refractivity contribution in [3.63, 3.8) is 0 Å². The smallest absolute Gasteiger partial charge is 0.165 e.